The Morgan fingerprint density at radius 3 is 2.62 bits per heavy atom. The fraction of sp³-hybridized carbons (Fsp3) is 0.455. The molecular formula is C22H26N4O3. The molecule has 152 valence electrons. The van der Waals surface area contributed by atoms with Crippen molar-refractivity contribution in [1.29, 1.82) is 0 Å². The molecule has 0 spiro atoms. The maximum absolute atomic E-state index is 12.7. The summed E-state index contributed by atoms with van der Waals surface area (Å²) in [7, 11) is 1.59. The van der Waals surface area contributed by atoms with Crippen molar-refractivity contribution in [3.8, 4) is 0 Å². The van der Waals surface area contributed by atoms with Gasteiger partial charge in [0.05, 0.1) is 6.33 Å². The topological polar surface area (TPSA) is 84.3 Å². The van der Waals surface area contributed by atoms with Gasteiger partial charge in [-0.1, -0.05) is 37.3 Å². The van der Waals surface area contributed by atoms with E-state index in [0.717, 1.165) is 12.8 Å². The fourth-order valence-corrected chi connectivity index (χ4v) is 4.41. The summed E-state index contributed by atoms with van der Waals surface area (Å²) in [6.07, 6.45) is 3.75. The first-order valence-electron chi connectivity index (χ1n) is 10.0. The molecule has 1 aliphatic carbocycles. The third-order valence-electron chi connectivity index (χ3n) is 6.25. The molecule has 4 rings (SSSR count). The van der Waals surface area contributed by atoms with E-state index >= 15 is 0 Å². The van der Waals surface area contributed by atoms with E-state index in [9.17, 15) is 14.4 Å². The Morgan fingerprint density at radius 2 is 1.93 bits per heavy atom. The molecule has 7 nitrogen and oxygen atoms in total. The van der Waals surface area contributed by atoms with Gasteiger partial charge in [0.25, 0.3) is 11.5 Å². The number of carbonyl (C=O) groups excluding carboxylic acids is 2. The summed E-state index contributed by atoms with van der Waals surface area (Å²) in [5.41, 5.74) is 1.23. The predicted molar refractivity (Wildman–Crippen MR) is 108 cm³/mol. The summed E-state index contributed by atoms with van der Waals surface area (Å²) in [6, 6.07) is 11.5. The number of rotatable bonds is 4. The van der Waals surface area contributed by atoms with E-state index in [0.29, 0.717) is 19.5 Å². The third kappa shape index (κ3) is 3.81. The molecule has 2 aliphatic rings. The molecule has 1 aromatic carbocycles. The number of aryl methyl sites for hydroxylation is 1. The van der Waals surface area contributed by atoms with Crippen LogP contribution in [0.3, 0.4) is 0 Å². The molecule has 1 aliphatic heterocycles. The molecule has 29 heavy (non-hydrogen) atoms. The summed E-state index contributed by atoms with van der Waals surface area (Å²) in [6.45, 7) is 3.20. The summed E-state index contributed by atoms with van der Waals surface area (Å²) in [4.78, 5) is 42.7. The van der Waals surface area contributed by atoms with E-state index in [1.807, 2.05) is 18.2 Å². The van der Waals surface area contributed by atoms with Gasteiger partial charge in [-0.25, -0.2) is 4.98 Å². The van der Waals surface area contributed by atoms with Gasteiger partial charge in [-0.05, 0) is 30.2 Å². The molecule has 2 fully saturated rings. The average molecular weight is 394 g/mol. The van der Waals surface area contributed by atoms with Crippen molar-refractivity contribution < 1.29 is 9.59 Å². The minimum atomic E-state index is -0.265. The van der Waals surface area contributed by atoms with Crippen molar-refractivity contribution in [2.24, 2.45) is 13.0 Å². The lowest BCUT2D eigenvalue weighted by Gasteiger charge is -2.45. The predicted octanol–water partition coefficient (Wildman–Crippen LogP) is 1.48. The number of benzene rings is 1. The molecule has 1 aromatic heterocycles. The van der Waals surface area contributed by atoms with E-state index in [2.05, 4.69) is 29.4 Å². The SMILES string of the molecule is Cn1cnc(C(=O)N2CCC(NC(=O)C3CC(C)(c4ccccc4)C3)C2)cc1=O. The smallest absolute Gasteiger partial charge is 0.272 e. The van der Waals surface area contributed by atoms with Crippen LogP contribution in [0.1, 0.15) is 42.2 Å². The van der Waals surface area contributed by atoms with Crippen molar-refractivity contribution in [3.63, 3.8) is 0 Å². The second-order valence-electron chi connectivity index (χ2n) is 8.50. The summed E-state index contributed by atoms with van der Waals surface area (Å²) >= 11 is 0. The van der Waals surface area contributed by atoms with Crippen molar-refractivity contribution in [3.05, 3.63) is 64.3 Å². The van der Waals surface area contributed by atoms with Gasteiger partial charge in [-0.3, -0.25) is 14.4 Å². The Bertz CT molecular complexity index is 979. The maximum Gasteiger partial charge on any atom is 0.272 e. The molecule has 1 unspecified atom stereocenters. The standard InChI is InChI=1S/C22H26N4O3/c1-22(16-6-4-3-5-7-16)11-15(12-22)20(28)24-17-8-9-26(13-17)21(29)18-10-19(27)25(2)14-23-18/h3-7,10,14-15,17H,8-9,11-13H2,1-2H3,(H,24,28). The molecule has 1 atom stereocenters. The number of likely N-dealkylation sites (tertiary alicyclic amines) is 1. The van der Waals surface area contributed by atoms with Crippen LogP contribution in [0.2, 0.25) is 0 Å². The largest absolute Gasteiger partial charge is 0.351 e. The van der Waals surface area contributed by atoms with E-state index < -0.39 is 0 Å². The monoisotopic (exact) mass is 394 g/mol. The highest BCUT2D eigenvalue weighted by molar-refractivity contribution is 5.92. The number of aromatic nitrogens is 2. The van der Waals surface area contributed by atoms with Crippen molar-refractivity contribution >= 4 is 11.8 Å². The highest BCUT2D eigenvalue weighted by Crippen LogP contribution is 2.47. The zero-order chi connectivity index (χ0) is 20.6. The van der Waals surface area contributed by atoms with Crippen LogP contribution in [-0.2, 0) is 17.3 Å². The molecule has 1 saturated carbocycles. The van der Waals surface area contributed by atoms with E-state index in [-0.39, 0.29) is 40.4 Å². The Balaban J connectivity index is 1.30. The summed E-state index contributed by atoms with van der Waals surface area (Å²) < 4.78 is 1.33. The van der Waals surface area contributed by atoms with Gasteiger partial charge in [0.15, 0.2) is 0 Å². The van der Waals surface area contributed by atoms with Crippen LogP contribution in [0, 0.1) is 5.92 Å². The van der Waals surface area contributed by atoms with Gasteiger partial charge < -0.3 is 14.8 Å². The molecule has 1 saturated heterocycles. The minimum Gasteiger partial charge on any atom is -0.351 e. The van der Waals surface area contributed by atoms with E-state index in [4.69, 9.17) is 0 Å². The third-order valence-corrected chi connectivity index (χ3v) is 6.25. The number of carbonyl (C=O) groups is 2. The Morgan fingerprint density at radius 1 is 1.21 bits per heavy atom. The first-order chi connectivity index (χ1) is 13.9. The lowest BCUT2D eigenvalue weighted by molar-refractivity contribution is -0.130. The molecular weight excluding hydrogens is 368 g/mol. The zero-order valence-electron chi connectivity index (χ0n) is 16.8. The van der Waals surface area contributed by atoms with Crippen LogP contribution in [0.25, 0.3) is 0 Å². The molecule has 7 heteroatoms. The Labute approximate surface area is 169 Å². The van der Waals surface area contributed by atoms with Crippen LogP contribution < -0.4 is 10.9 Å². The minimum absolute atomic E-state index is 0.0174. The van der Waals surface area contributed by atoms with Gasteiger partial charge >= 0.3 is 0 Å². The van der Waals surface area contributed by atoms with Crippen molar-refractivity contribution in [1.82, 2.24) is 19.8 Å². The first-order valence-corrected chi connectivity index (χ1v) is 10.0. The number of hydrogen-bond acceptors (Lipinski definition) is 4. The highest BCUT2D eigenvalue weighted by Gasteiger charge is 2.45. The molecule has 2 heterocycles. The van der Waals surface area contributed by atoms with Gasteiger partial charge in [-0.2, -0.15) is 0 Å². The summed E-state index contributed by atoms with van der Waals surface area (Å²) in [5.74, 6) is -0.173. The normalized spacial score (nSPS) is 26.1. The second-order valence-corrected chi connectivity index (χ2v) is 8.50. The molecule has 0 radical (unpaired) electrons. The quantitative estimate of drug-likeness (QED) is 0.851. The van der Waals surface area contributed by atoms with Crippen molar-refractivity contribution in [2.45, 2.75) is 37.6 Å². The molecule has 0 bridgehead atoms. The number of nitrogens with one attached hydrogen (secondary N) is 1. The lowest BCUT2D eigenvalue weighted by Crippen LogP contribution is -2.49. The number of amides is 2. The van der Waals surface area contributed by atoms with E-state index in [1.54, 1.807) is 11.9 Å². The lowest BCUT2D eigenvalue weighted by atomic mass is 9.59. The van der Waals surface area contributed by atoms with Crippen LogP contribution in [-0.4, -0.2) is 45.4 Å². The van der Waals surface area contributed by atoms with Gasteiger partial charge in [0, 0.05) is 38.2 Å². The Kier molecular flexibility index (Phi) is 4.98. The van der Waals surface area contributed by atoms with Crippen LogP contribution in [0.5, 0.6) is 0 Å². The molecule has 2 amide bonds. The first kappa shape index (κ1) is 19.4. The maximum atomic E-state index is 12.7. The molecule has 2 aromatic rings. The van der Waals surface area contributed by atoms with Crippen LogP contribution >= 0.6 is 0 Å². The van der Waals surface area contributed by atoms with E-state index in [1.165, 1.54) is 22.5 Å². The fourth-order valence-electron chi connectivity index (χ4n) is 4.41. The summed E-state index contributed by atoms with van der Waals surface area (Å²) in [5, 5.41) is 3.11. The Hall–Kier alpha value is -2.96. The van der Waals surface area contributed by atoms with Gasteiger partial charge in [0.1, 0.15) is 5.69 Å². The van der Waals surface area contributed by atoms with Gasteiger partial charge in [0.2, 0.25) is 5.91 Å². The molecule has 1 N–H and O–H groups in total. The van der Waals surface area contributed by atoms with Crippen molar-refractivity contribution in [2.75, 3.05) is 13.1 Å². The number of nitrogens with zero attached hydrogens (tertiary/aromatic N) is 3. The van der Waals surface area contributed by atoms with Crippen LogP contribution in [0.4, 0.5) is 0 Å². The zero-order valence-corrected chi connectivity index (χ0v) is 16.8. The average Bonchev–Trinajstić information content (AvgIpc) is 3.16. The van der Waals surface area contributed by atoms with Gasteiger partial charge in [-0.15, -0.1) is 0 Å². The highest BCUT2D eigenvalue weighted by atomic mass is 16.2. The number of hydrogen-bond donors (Lipinski definition) is 1. The second kappa shape index (κ2) is 7.46. The van der Waals surface area contributed by atoms with Crippen LogP contribution in [0.15, 0.2) is 47.5 Å².